The fourth-order valence-corrected chi connectivity index (χ4v) is 1.86. The number of fused-ring (bicyclic) bond motifs is 1. The summed E-state index contributed by atoms with van der Waals surface area (Å²) in [4.78, 5) is 0. The van der Waals surface area contributed by atoms with Crippen molar-refractivity contribution in [3.8, 4) is 0 Å². The lowest BCUT2D eigenvalue weighted by Crippen LogP contribution is -1.86. The summed E-state index contributed by atoms with van der Waals surface area (Å²) in [7, 11) is 0. The van der Waals surface area contributed by atoms with Crippen LogP contribution in [-0.4, -0.2) is 15.5 Å². The minimum Gasteiger partial charge on any atom is -0.281 e. The summed E-state index contributed by atoms with van der Waals surface area (Å²) in [5.41, 5.74) is 3.56. The van der Waals surface area contributed by atoms with Crippen molar-refractivity contribution >= 4 is 26.8 Å². The summed E-state index contributed by atoms with van der Waals surface area (Å²) in [6.45, 7) is 2.10. The van der Waals surface area contributed by atoms with Crippen molar-refractivity contribution in [2.24, 2.45) is 0 Å². The van der Waals surface area contributed by atoms with Gasteiger partial charge in [-0.05, 0) is 25.5 Å². The van der Waals surface area contributed by atoms with Crippen LogP contribution in [-0.2, 0) is 6.42 Å². The predicted molar refractivity (Wildman–Crippen MR) is 58.3 cm³/mol. The molecule has 68 valence electrons. The Morgan fingerprint density at radius 3 is 3.08 bits per heavy atom. The Labute approximate surface area is 85.5 Å². The van der Waals surface area contributed by atoms with E-state index in [-0.39, 0.29) is 0 Å². The molecule has 0 saturated heterocycles. The number of rotatable bonds is 2. The van der Waals surface area contributed by atoms with Crippen molar-refractivity contribution in [1.82, 2.24) is 10.2 Å². The lowest BCUT2D eigenvalue weighted by atomic mass is 10.1. The lowest BCUT2D eigenvalue weighted by molar-refractivity contribution is 0.999. The van der Waals surface area contributed by atoms with Gasteiger partial charge in [-0.2, -0.15) is 5.10 Å². The molecule has 0 unspecified atom stereocenters. The van der Waals surface area contributed by atoms with Gasteiger partial charge in [-0.1, -0.05) is 27.6 Å². The van der Waals surface area contributed by atoms with Gasteiger partial charge in [0, 0.05) is 16.4 Å². The SMILES string of the molecule is Cc1ccc2n[nH]c(CCBr)c2c1. The van der Waals surface area contributed by atoms with Crippen molar-refractivity contribution in [3.05, 3.63) is 29.5 Å². The minimum atomic E-state index is 0.970. The molecule has 0 aliphatic heterocycles. The first-order chi connectivity index (χ1) is 6.31. The van der Waals surface area contributed by atoms with E-state index in [4.69, 9.17) is 0 Å². The van der Waals surface area contributed by atoms with Crippen LogP contribution in [0, 0.1) is 6.92 Å². The number of aromatic amines is 1. The molecule has 0 aliphatic carbocycles. The molecule has 1 N–H and O–H groups in total. The maximum atomic E-state index is 4.23. The van der Waals surface area contributed by atoms with Gasteiger partial charge >= 0.3 is 0 Å². The molecule has 2 nitrogen and oxygen atoms in total. The molecule has 2 rings (SSSR count). The maximum Gasteiger partial charge on any atom is 0.0923 e. The van der Waals surface area contributed by atoms with E-state index in [1.807, 2.05) is 0 Å². The van der Waals surface area contributed by atoms with E-state index in [1.54, 1.807) is 0 Å². The third-order valence-electron chi connectivity index (χ3n) is 2.13. The van der Waals surface area contributed by atoms with E-state index in [1.165, 1.54) is 16.6 Å². The molecule has 13 heavy (non-hydrogen) atoms. The van der Waals surface area contributed by atoms with Crippen molar-refractivity contribution in [3.63, 3.8) is 0 Å². The number of aromatic nitrogens is 2. The third kappa shape index (κ3) is 1.61. The Hall–Kier alpha value is -0.830. The van der Waals surface area contributed by atoms with Gasteiger partial charge in [-0.3, -0.25) is 5.10 Å². The second-order valence-electron chi connectivity index (χ2n) is 3.16. The van der Waals surface area contributed by atoms with E-state index >= 15 is 0 Å². The van der Waals surface area contributed by atoms with Gasteiger partial charge in [0.15, 0.2) is 0 Å². The Balaban J connectivity index is 2.58. The Morgan fingerprint density at radius 2 is 2.31 bits per heavy atom. The van der Waals surface area contributed by atoms with E-state index in [0.29, 0.717) is 0 Å². The molecule has 2 aromatic rings. The van der Waals surface area contributed by atoms with Crippen LogP contribution in [0.25, 0.3) is 10.9 Å². The second-order valence-corrected chi connectivity index (χ2v) is 3.95. The maximum absolute atomic E-state index is 4.23. The van der Waals surface area contributed by atoms with Crippen LogP contribution in [0.2, 0.25) is 0 Å². The molecule has 0 spiro atoms. The number of H-pyrrole nitrogens is 1. The number of hydrogen-bond acceptors (Lipinski definition) is 1. The van der Waals surface area contributed by atoms with Gasteiger partial charge in [0.2, 0.25) is 0 Å². The van der Waals surface area contributed by atoms with Gasteiger partial charge in [-0.25, -0.2) is 0 Å². The highest BCUT2D eigenvalue weighted by molar-refractivity contribution is 9.09. The average Bonchev–Trinajstić information content (AvgIpc) is 2.49. The zero-order valence-corrected chi connectivity index (χ0v) is 9.06. The van der Waals surface area contributed by atoms with Gasteiger partial charge in [0.1, 0.15) is 0 Å². The smallest absolute Gasteiger partial charge is 0.0923 e. The molecule has 1 aromatic carbocycles. The fourth-order valence-electron chi connectivity index (χ4n) is 1.46. The van der Waals surface area contributed by atoms with Crippen LogP contribution >= 0.6 is 15.9 Å². The van der Waals surface area contributed by atoms with Crippen molar-refractivity contribution in [2.45, 2.75) is 13.3 Å². The van der Waals surface area contributed by atoms with E-state index in [2.05, 4.69) is 51.3 Å². The molecule has 0 atom stereocenters. The molecule has 0 bridgehead atoms. The van der Waals surface area contributed by atoms with Crippen molar-refractivity contribution in [1.29, 1.82) is 0 Å². The predicted octanol–water partition coefficient (Wildman–Crippen LogP) is 2.81. The van der Waals surface area contributed by atoms with Crippen LogP contribution in [0.4, 0.5) is 0 Å². The number of alkyl halides is 1. The van der Waals surface area contributed by atoms with E-state index < -0.39 is 0 Å². The standard InChI is InChI=1S/C10H11BrN2/c1-7-2-3-9-8(6-7)10(4-5-11)13-12-9/h2-3,6H,4-5H2,1H3,(H,12,13). The molecule has 0 radical (unpaired) electrons. The van der Waals surface area contributed by atoms with Gasteiger partial charge in [0.25, 0.3) is 0 Å². The topological polar surface area (TPSA) is 28.7 Å². The largest absolute Gasteiger partial charge is 0.281 e. The molecule has 0 saturated carbocycles. The monoisotopic (exact) mass is 238 g/mol. The number of halogens is 1. The van der Waals surface area contributed by atoms with Crippen molar-refractivity contribution < 1.29 is 0 Å². The van der Waals surface area contributed by atoms with Crippen LogP contribution < -0.4 is 0 Å². The van der Waals surface area contributed by atoms with Crippen LogP contribution in [0.1, 0.15) is 11.3 Å². The van der Waals surface area contributed by atoms with Crippen LogP contribution in [0.3, 0.4) is 0 Å². The number of hydrogen-bond donors (Lipinski definition) is 1. The molecule has 0 fully saturated rings. The first-order valence-corrected chi connectivity index (χ1v) is 5.43. The number of benzene rings is 1. The highest BCUT2D eigenvalue weighted by atomic mass is 79.9. The molecule has 0 amide bonds. The molecule has 1 aromatic heterocycles. The number of aryl methyl sites for hydroxylation is 2. The Kier molecular flexibility index (Phi) is 2.36. The number of nitrogens with one attached hydrogen (secondary N) is 1. The Morgan fingerprint density at radius 1 is 1.46 bits per heavy atom. The summed E-state index contributed by atoms with van der Waals surface area (Å²) in [5, 5.41) is 9.51. The van der Waals surface area contributed by atoms with Crippen molar-refractivity contribution in [2.75, 3.05) is 5.33 Å². The zero-order chi connectivity index (χ0) is 9.26. The molecular weight excluding hydrogens is 228 g/mol. The second kappa shape index (κ2) is 3.50. The lowest BCUT2D eigenvalue weighted by Gasteiger charge is -1.95. The molecule has 3 heteroatoms. The highest BCUT2D eigenvalue weighted by Crippen LogP contribution is 2.17. The summed E-state index contributed by atoms with van der Waals surface area (Å²) >= 11 is 3.43. The summed E-state index contributed by atoms with van der Waals surface area (Å²) < 4.78 is 0. The quantitative estimate of drug-likeness (QED) is 0.802. The summed E-state index contributed by atoms with van der Waals surface area (Å²) in [6, 6.07) is 6.32. The minimum absolute atomic E-state index is 0.970. The van der Waals surface area contributed by atoms with Gasteiger partial charge in [-0.15, -0.1) is 0 Å². The Bertz CT molecular complexity index is 420. The highest BCUT2D eigenvalue weighted by Gasteiger charge is 2.03. The van der Waals surface area contributed by atoms with E-state index in [9.17, 15) is 0 Å². The summed E-state index contributed by atoms with van der Waals surface area (Å²) in [6.07, 6.45) is 1.000. The van der Waals surface area contributed by atoms with Gasteiger partial charge in [0.05, 0.1) is 5.52 Å². The fraction of sp³-hybridized carbons (Fsp3) is 0.300. The molecule has 1 heterocycles. The summed E-state index contributed by atoms with van der Waals surface area (Å²) in [5.74, 6) is 0. The normalized spacial score (nSPS) is 10.9. The molecule has 0 aliphatic rings. The van der Waals surface area contributed by atoms with Crippen LogP contribution in [0.15, 0.2) is 18.2 Å². The van der Waals surface area contributed by atoms with E-state index in [0.717, 1.165) is 17.3 Å². The van der Waals surface area contributed by atoms with Gasteiger partial charge < -0.3 is 0 Å². The number of nitrogens with zero attached hydrogens (tertiary/aromatic N) is 1. The van der Waals surface area contributed by atoms with Crippen LogP contribution in [0.5, 0.6) is 0 Å². The first kappa shape index (κ1) is 8.75. The first-order valence-electron chi connectivity index (χ1n) is 4.31. The molecular formula is C10H11BrN2. The third-order valence-corrected chi connectivity index (χ3v) is 2.53. The average molecular weight is 239 g/mol. The zero-order valence-electron chi connectivity index (χ0n) is 7.47.